The minimum absolute atomic E-state index is 0. The van der Waals surface area contributed by atoms with Crippen molar-refractivity contribution in [3.05, 3.63) is 29.6 Å². The summed E-state index contributed by atoms with van der Waals surface area (Å²) in [7, 11) is 1.52. The Hall–Kier alpha value is -1.84. The lowest BCUT2D eigenvalue weighted by Crippen LogP contribution is -2.39. The number of anilines is 1. The first-order chi connectivity index (χ1) is 10.5. The van der Waals surface area contributed by atoms with Gasteiger partial charge in [0.25, 0.3) is 0 Å². The van der Waals surface area contributed by atoms with Crippen LogP contribution in [0.2, 0.25) is 0 Å². The van der Waals surface area contributed by atoms with Crippen molar-refractivity contribution in [2.24, 2.45) is 0 Å². The van der Waals surface area contributed by atoms with Crippen molar-refractivity contribution in [3.63, 3.8) is 0 Å². The highest BCUT2D eigenvalue weighted by Crippen LogP contribution is 2.19. The number of amides is 2. The molecule has 23 heavy (non-hydrogen) atoms. The summed E-state index contributed by atoms with van der Waals surface area (Å²) in [5.74, 6) is -5.75. The Labute approximate surface area is 137 Å². The van der Waals surface area contributed by atoms with E-state index >= 15 is 0 Å². The summed E-state index contributed by atoms with van der Waals surface area (Å²) >= 11 is 0. The fourth-order valence-corrected chi connectivity index (χ4v) is 1.43. The maximum absolute atomic E-state index is 13.3. The Bertz CT molecular complexity index is 547. The predicted octanol–water partition coefficient (Wildman–Crippen LogP) is 0.816. The van der Waals surface area contributed by atoms with Crippen LogP contribution in [0.15, 0.2) is 12.1 Å². The number of nitrogens with one attached hydrogen (secondary N) is 3. The second-order valence-electron chi connectivity index (χ2n) is 4.22. The maximum Gasteiger partial charge on any atom is 0.243 e. The third kappa shape index (κ3) is 7.31. The highest BCUT2D eigenvalue weighted by molar-refractivity contribution is 5.94. The number of ether oxygens (including phenoxy) is 1. The molecular formula is C13H17ClF3N3O3. The Balaban J connectivity index is 0.00000484. The number of carbonyl (C=O) groups is 2. The molecule has 1 aromatic carbocycles. The van der Waals surface area contributed by atoms with E-state index in [0.29, 0.717) is 19.2 Å². The van der Waals surface area contributed by atoms with E-state index in [1.807, 2.05) is 5.32 Å². The number of rotatable bonds is 8. The fourth-order valence-electron chi connectivity index (χ4n) is 1.43. The highest BCUT2D eigenvalue weighted by atomic mass is 35.5. The van der Waals surface area contributed by atoms with Crippen molar-refractivity contribution < 1.29 is 27.5 Å². The summed E-state index contributed by atoms with van der Waals surface area (Å²) in [6.07, 6.45) is 0. The number of hydrogen-bond acceptors (Lipinski definition) is 4. The average molecular weight is 356 g/mol. The van der Waals surface area contributed by atoms with Gasteiger partial charge in [0.15, 0.2) is 17.5 Å². The quantitative estimate of drug-likeness (QED) is 0.476. The van der Waals surface area contributed by atoms with Crippen LogP contribution in [0, 0.1) is 17.5 Å². The molecule has 0 aliphatic carbocycles. The molecule has 130 valence electrons. The lowest BCUT2D eigenvalue weighted by molar-refractivity contribution is -0.123. The van der Waals surface area contributed by atoms with Gasteiger partial charge in [0.1, 0.15) is 0 Å². The minimum atomic E-state index is -1.68. The van der Waals surface area contributed by atoms with E-state index in [-0.39, 0.29) is 19.0 Å². The Morgan fingerprint density at radius 1 is 1.09 bits per heavy atom. The summed E-state index contributed by atoms with van der Waals surface area (Å²) in [5.41, 5.74) is -0.503. The molecule has 3 N–H and O–H groups in total. The molecule has 0 unspecified atom stereocenters. The molecule has 0 radical (unpaired) electrons. The van der Waals surface area contributed by atoms with Crippen LogP contribution in [0.5, 0.6) is 0 Å². The van der Waals surface area contributed by atoms with Gasteiger partial charge in [0, 0.05) is 13.7 Å². The van der Waals surface area contributed by atoms with E-state index in [0.717, 1.165) is 6.07 Å². The summed E-state index contributed by atoms with van der Waals surface area (Å²) < 4.78 is 43.8. The van der Waals surface area contributed by atoms with Crippen LogP contribution in [-0.4, -0.2) is 45.2 Å². The van der Waals surface area contributed by atoms with Crippen LogP contribution in [0.1, 0.15) is 0 Å². The molecule has 2 amide bonds. The van der Waals surface area contributed by atoms with Gasteiger partial charge >= 0.3 is 0 Å². The number of halogens is 4. The van der Waals surface area contributed by atoms with Crippen LogP contribution in [-0.2, 0) is 14.3 Å². The van der Waals surface area contributed by atoms with E-state index < -0.39 is 41.5 Å². The molecule has 0 bridgehead atoms. The van der Waals surface area contributed by atoms with Crippen LogP contribution < -0.4 is 16.0 Å². The third-order valence-electron chi connectivity index (χ3n) is 2.52. The van der Waals surface area contributed by atoms with Gasteiger partial charge in [-0.05, 0) is 12.1 Å². The molecule has 0 saturated heterocycles. The molecular weight excluding hydrogens is 339 g/mol. The van der Waals surface area contributed by atoms with Crippen molar-refractivity contribution in [1.29, 1.82) is 0 Å². The lowest BCUT2D eigenvalue weighted by Gasteiger charge is -2.09. The summed E-state index contributed by atoms with van der Waals surface area (Å²) in [5, 5.41) is 7.08. The van der Waals surface area contributed by atoms with E-state index in [2.05, 4.69) is 10.6 Å². The largest absolute Gasteiger partial charge is 0.383 e. The first kappa shape index (κ1) is 21.2. The third-order valence-corrected chi connectivity index (χ3v) is 2.52. The van der Waals surface area contributed by atoms with Crippen molar-refractivity contribution in [3.8, 4) is 0 Å². The molecule has 0 heterocycles. The smallest absolute Gasteiger partial charge is 0.243 e. The van der Waals surface area contributed by atoms with Gasteiger partial charge in [0.05, 0.1) is 25.4 Å². The molecule has 0 aliphatic heterocycles. The number of hydrogen-bond donors (Lipinski definition) is 3. The normalized spacial score (nSPS) is 9.91. The van der Waals surface area contributed by atoms with Gasteiger partial charge in [-0.15, -0.1) is 12.4 Å². The second-order valence-corrected chi connectivity index (χ2v) is 4.22. The Morgan fingerprint density at radius 2 is 1.78 bits per heavy atom. The maximum atomic E-state index is 13.3. The van der Waals surface area contributed by atoms with Gasteiger partial charge in [-0.1, -0.05) is 0 Å². The number of carbonyl (C=O) groups excluding carboxylic acids is 2. The molecule has 6 nitrogen and oxygen atoms in total. The topological polar surface area (TPSA) is 79.5 Å². The first-order valence-electron chi connectivity index (χ1n) is 6.35. The van der Waals surface area contributed by atoms with E-state index in [1.54, 1.807) is 0 Å². The van der Waals surface area contributed by atoms with Crippen LogP contribution in [0.4, 0.5) is 18.9 Å². The molecule has 0 spiro atoms. The average Bonchev–Trinajstić information content (AvgIpc) is 2.50. The Kier molecular flexibility index (Phi) is 9.95. The number of benzene rings is 1. The molecule has 10 heteroatoms. The summed E-state index contributed by atoms with van der Waals surface area (Å²) in [6, 6.07) is 1.58. The van der Waals surface area contributed by atoms with Crippen LogP contribution in [0.25, 0.3) is 0 Å². The standard InChI is InChI=1S/C13H16F3N3O3.ClH/c1-22-5-4-17-6-10(20)18-7-11(21)19-9-3-2-8(14)12(15)13(9)16;/h2-3,17H,4-7H2,1H3,(H,18,20)(H,19,21);1H. The van der Waals surface area contributed by atoms with E-state index in [1.165, 1.54) is 7.11 Å². The minimum Gasteiger partial charge on any atom is -0.383 e. The summed E-state index contributed by atoms with van der Waals surface area (Å²) in [6.45, 7) is 0.457. The summed E-state index contributed by atoms with van der Waals surface area (Å²) in [4.78, 5) is 22.8. The van der Waals surface area contributed by atoms with Gasteiger partial charge in [-0.3, -0.25) is 9.59 Å². The molecule has 1 aromatic rings. The predicted molar refractivity (Wildman–Crippen MR) is 79.9 cm³/mol. The molecule has 0 atom stereocenters. The first-order valence-corrected chi connectivity index (χ1v) is 6.35. The highest BCUT2D eigenvalue weighted by Gasteiger charge is 2.15. The number of methoxy groups -OCH3 is 1. The van der Waals surface area contributed by atoms with Gasteiger partial charge < -0.3 is 20.7 Å². The molecule has 0 fully saturated rings. The second kappa shape index (κ2) is 10.8. The van der Waals surface area contributed by atoms with Crippen molar-refractivity contribution >= 4 is 29.9 Å². The monoisotopic (exact) mass is 355 g/mol. The van der Waals surface area contributed by atoms with E-state index in [4.69, 9.17) is 4.74 Å². The van der Waals surface area contributed by atoms with Crippen molar-refractivity contribution in [1.82, 2.24) is 10.6 Å². The van der Waals surface area contributed by atoms with Gasteiger partial charge in [-0.25, -0.2) is 13.2 Å². The molecule has 1 rings (SSSR count). The zero-order chi connectivity index (χ0) is 16.5. The molecule has 0 aliphatic rings. The van der Waals surface area contributed by atoms with Gasteiger partial charge in [0.2, 0.25) is 11.8 Å². The zero-order valence-corrected chi connectivity index (χ0v) is 13.1. The van der Waals surface area contributed by atoms with Crippen LogP contribution >= 0.6 is 12.4 Å². The fraction of sp³-hybridized carbons (Fsp3) is 0.385. The molecule has 0 aromatic heterocycles. The van der Waals surface area contributed by atoms with Gasteiger partial charge in [-0.2, -0.15) is 0 Å². The Morgan fingerprint density at radius 3 is 2.43 bits per heavy atom. The van der Waals surface area contributed by atoms with E-state index in [9.17, 15) is 22.8 Å². The SMILES string of the molecule is COCCNCC(=O)NCC(=O)Nc1ccc(F)c(F)c1F.Cl. The zero-order valence-electron chi connectivity index (χ0n) is 12.3. The molecule has 0 saturated carbocycles. The van der Waals surface area contributed by atoms with Crippen molar-refractivity contribution in [2.75, 3.05) is 38.7 Å². The van der Waals surface area contributed by atoms with Crippen molar-refractivity contribution in [2.45, 2.75) is 0 Å². The van der Waals surface area contributed by atoms with Crippen LogP contribution in [0.3, 0.4) is 0 Å². The lowest BCUT2D eigenvalue weighted by atomic mass is 10.2.